The van der Waals surface area contributed by atoms with Crippen molar-refractivity contribution in [2.24, 2.45) is 0 Å². The molecule has 0 aliphatic heterocycles. The second kappa shape index (κ2) is 7.20. The van der Waals surface area contributed by atoms with Crippen molar-refractivity contribution in [3.05, 3.63) is 48.0 Å². The number of fused-ring (bicyclic) bond motifs is 1. The monoisotopic (exact) mass is 270 g/mol. The van der Waals surface area contributed by atoms with Gasteiger partial charge in [-0.15, -0.1) is 0 Å². The zero-order chi connectivity index (χ0) is 14.4. The summed E-state index contributed by atoms with van der Waals surface area (Å²) in [6, 6.07) is 14.3. The Labute approximate surface area is 120 Å². The van der Waals surface area contributed by atoms with E-state index in [0.717, 1.165) is 23.8 Å². The van der Waals surface area contributed by atoms with Crippen molar-refractivity contribution in [1.82, 2.24) is 0 Å². The van der Waals surface area contributed by atoms with Crippen LogP contribution in [0.5, 0.6) is 0 Å². The molecule has 0 amide bonds. The lowest BCUT2D eigenvalue weighted by Gasteiger charge is -2.17. The van der Waals surface area contributed by atoms with Gasteiger partial charge in [0.25, 0.3) is 0 Å². The number of carbonyl (C=O) groups is 1. The van der Waals surface area contributed by atoms with Gasteiger partial charge in [-0.3, -0.25) is 4.79 Å². The quantitative estimate of drug-likeness (QED) is 0.730. The average molecular weight is 270 g/mol. The molecule has 0 fully saturated rings. The molecule has 0 N–H and O–H groups in total. The van der Waals surface area contributed by atoms with Gasteiger partial charge in [-0.25, -0.2) is 0 Å². The van der Waals surface area contributed by atoms with Gasteiger partial charge >= 0.3 is 0 Å². The van der Waals surface area contributed by atoms with Crippen LogP contribution in [-0.4, -0.2) is 12.4 Å². The molecule has 2 heteroatoms. The van der Waals surface area contributed by atoms with Gasteiger partial charge in [0.2, 0.25) is 0 Å². The molecule has 0 aliphatic rings. The van der Waals surface area contributed by atoms with Gasteiger partial charge in [0.1, 0.15) is 6.10 Å². The summed E-state index contributed by atoms with van der Waals surface area (Å²) in [5.74, 6) is 0.177. The molecular formula is C18H22O2. The third-order valence-electron chi connectivity index (χ3n) is 3.35. The maximum atomic E-state index is 12.3. The highest BCUT2D eigenvalue weighted by Gasteiger charge is 2.20. The zero-order valence-electron chi connectivity index (χ0n) is 12.3. The maximum absolute atomic E-state index is 12.3. The Hall–Kier alpha value is -1.67. The Morgan fingerprint density at radius 3 is 2.50 bits per heavy atom. The SMILES string of the molecule is CCCOC(C(=O)CCC)c1ccc2ccccc2c1. The van der Waals surface area contributed by atoms with E-state index in [4.69, 9.17) is 4.74 Å². The van der Waals surface area contributed by atoms with E-state index < -0.39 is 6.10 Å². The van der Waals surface area contributed by atoms with E-state index in [1.807, 2.05) is 25.1 Å². The summed E-state index contributed by atoms with van der Waals surface area (Å²) < 4.78 is 5.79. The normalized spacial score (nSPS) is 12.5. The number of benzene rings is 2. The molecule has 0 radical (unpaired) electrons. The van der Waals surface area contributed by atoms with Gasteiger partial charge < -0.3 is 4.74 Å². The van der Waals surface area contributed by atoms with Gasteiger partial charge in [0.05, 0.1) is 0 Å². The van der Waals surface area contributed by atoms with E-state index in [-0.39, 0.29) is 5.78 Å². The molecule has 0 bridgehead atoms. The predicted octanol–water partition coefficient (Wildman–Crippen LogP) is 4.68. The standard InChI is InChI=1S/C18H22O2/c1-3-7-17(19)18(20-12-4-2)16-11-10-14-8-5-6-9-15(14)13-16/h5-6,8-11,13,18H,3-4,7,12H2,1-2H3. The Morgan fingerprint density at radius 1 is 1.05 bits per heavy atom. The van der Waals surface area contributed by atoms with Gasteiger partial charge in [-0.2, -0.15) is 0 Å². The smallest absolute Gasteiger partial charge is 0.166 e. The third kappa shape index (κ3) is 3.45. The zero-order valence-corrected chi connectivity index (χ0v) is 12.3. The number of hydrogen-bond donors (Lipinski definition) is 0. The number of hydrogen-bond acceptors (Lipinski definition) is 2. The van der Waals surface area contributed by atoms with Crippen LogP contribution < -0.4 is 0 Å². The molecule has 0 saturated heterocycles. The first-order valence-electron chi connectivity index (χ1n) is 7.39. The fraction of sp³-hybridized carbons (Fsp3) is 0.389. The Bertz CT molecular complexity index is 574. The van der Waals surface area contributed by atoms with Crippen molar-refractivity contribution in [2.75, 3.05) is 6.61 Å². The first kappa shape index (κ1) is 14.7. The van der Waals surface area contributed by atoms with Gasteiger partial charge in [-0.1, -0.05) is 50.2 Å². The lowest BCUT2D eigenvalue weighted by atomic mass is 9.99. The molecule has 1 atom stereocenters. The molecule has 2 nitrogen and oxygen atoms in total. The van der Waals surface area contributed by atoms with Gasteiger partial charge in [0, 0.05) is 13.0 Å². The van der Waals surface area contributed by atoms with E-state index >= 15 is 0 Å². The summed E-state index contributed by atoms with van der Waals surface area (Å²) in [5, 5.41) is 2.34. The molecule has 0 aliphatic carbocycles. The van der Waals surface area contributed by atoms with Gasteiger partial charge in [-0.05, 0) is 35.2 Å². The lowest BCUT2D eigenvalue weighted by molar-refractivity contribution is -0.131. The summed E-state index contributed by atoms with van der Waals surface area (Å²) in [5.41, 5.74) is 0.968. The number of ketones is 1. The molecule has 0 aromatic heterocycles. The number of ether oxygens (including phenoxy) is 1. The maximum Gasteiger partial charge on any atom is 0.166 e. The number of carbonyl (C=O) groups excluding carboxylic acids is 1. The van der Waals surface area contributed by atoms with Crippen molar-refractivity contribution >= 4 is 16.6 Å². The van der Waals surface area contributed by atoms with Crippen LogP contribution in [0, 0.1) is 0 Å². The molecule has 2 rings (SSSR count). The number of rotatable bonds is 7. The van der Waals surface area contributed by atoms with Crippen LogP contribution in [0.4, 0.5) is 0 Å². The average Bonchev–Trinajstić information content (AvgIpc) is 2.48. The fourth-order valence-corrected chi connectivity index (χ4v) is 2.36. The van der Waals surface area contributed by atoms with E-state index in [1.165, 1.54) is 5.39 Å². The van der Waals surface area contributed by atoms with Crippen molar-refractivity contribution in [2.45, 2.75) is 39.2 Å². The predicted molar refractivity (Wildman–Crippen MR) is 82.8 cm³/mol. The molecule has 2 aromatic carbocycles. The second-order valence-corrected chi connectivity index (χ2v) is 5.07. The Balaban J connectivity index is 2.31. The first-order valence-corrected chi connectivity index (χ1v) is 7.39. The van der Waals surface area contributed by atoms with Crippen molar-refractivity contribution < 1.29 is 9.53 Å². The first-order chi connectivity index (χ1) is 9.76. The van der Waals surface area contributed by atoms with E-state index in [9.17, 15) is 4.79 Å². The second-order valence-electron chi connectivity index (χ2n) is 5.07. The highest BCUT2D eigenvalue weighted by molar-refractivity contribution is 5.88. The minimum absolute atomic E-state index is 0.177. The van der Waals surface area contributed by atoms with Crippen LogP contribution in [0.15, 0.2) is 42.5 Å². The molecule has 0 spiro atoms. The number of Topliss-reactive ketones (excluding diaryl/α,β-unsaturated/α-hetero) is 1. The minimum atomic E-state index is -0.417. The van der Waals surface area contributed by atoms with Crippen LogP contribution in [0.2, 0.25) is 0 Å². The topological polar surface area (TPSA) is 26.3 Å². The molecule has 1 unspecified atom stereocenters. The third-order valence-corrected chi connectivity index (χ3v) is 3.35. The molecule has 2 aromatic rings. The summed E-state index contributed by atoms with van der Waals surface area (Å²) >= 11 is 0. The van der Waals surface area contributed by atoms with Crippen molar-refractivity contribution in [1.29, 1.82) is 0 Å². The minimum Gasteiger partial charge on any atom is -0.366 e. The summed E-state index contributed by atoms with van der Waals surface area (Å²) in [6.07, 6.45) is 1.93. The summed E-state index contributed by atoms with van der Waals surface area (Å²) in [4.78, 5) is 12.3. The molecule has 20 heavy (non-hydrogen) atoms. The Morgan fingerprint density at radius 2 is 1.80 bits per heavy atom. The summed E-state index contributed by atoms with van der Waals surface area (Å²) in [6.45, 7) is 4.70. The molecule has 106 valence electrons. The van der Waals surface area contributed by atoms with Crippen LogP contribution in [0.1, 0.15) is 44.8 Å². The van der Waals surface area contributed by atoms with Crippen LogP contribution in [-0.2, 0) is 9.53 Å². The van der Waals surface area contributed by atoms with Crippen molar-refractivity contribution in [3.8, 4) is 0 Å². The fourth-order valence-electron chi connectivity index (χ4n) is 2.36. The van der Waals surface area contributed by atoms with Crippen LogP contribution in [0.3, 0.4) is 0 Å². The highest BCUT2D eigenvalue weighted by Crippen LogP contribution is 2.25. The lowest BCUT2D eigenvalue weighted by Crippen LogP contribution is -2.16. The molecular weight excluding hydrogens is 248 g/mol. The van der Waals surface area contributed by atoms with Gasteiger partial charge in [0.15, 0.2) is 5.78 Å². The van der Waals surface area contributed by atoms with Crippen LogP contribution >= 0.6 is 0 Å². The highest BCUT2D eigenvalue weighted by atomic mass is 16.5. The van der Waals surface area contributed by atoms with E-state index in [2.05, 4.69) is 31.2 Å². The largest absolute Gasteiger partial charge is 0.366 e. The van der Waals surface area contributed by atoms with Crippen molar-refractivity contribution in [3.63, 3.8) is 0 Å². The van der Waals surface area contributed by atoms with E-state index in [0.29, 0.717) is 13.0 Å². The Kier molecular flexibility index (Phi) is 5.31. The van der Waals surface area contributed by atoms with Crippen LogP contribution in [0.25, 0.3) is 10.8 Å². The van der Waals surface area contributed by atoms with E-state index in [1.54, 1.807) is 0 Å². The molecule has 0 saturated carbocycles. The summed E-state index contributed by atoms with van der Waals surface area (Å²) in [7, 11) is 0. The molecule has 0 heterocycles.